The minimum Gasteiger partial charge on any atom is -0.497 e. The van der Waals surface area contributed by atoms with Gasteiger partial charge in [-0.3, -0.25) is 9.89 Å². The number of amides is 1. The van der Waals surface area contributed by atoms with Gasteiger partial charge in [-0.25, -0.2) is 0 Å². The van der Waals surface area contributed by atoms with Crippen molar-refractivity contribution in [3.8, 4) is 17.0 Å². The number of carbonyl (C=O) groups is 1. The SMILES string of the molecule is COc1ccc(-c2cc(C(=O)Nc3ccc(Cl)c(Cl)c3)[nH]n2)cc1. The Hall–Kier alpha value is -2.50. The number of ether oxygens (including phenoxy) is 1. The van der Waals surface area contributed by atoms with Crippen molar-refractivity contribution in [3.05, 3.63) is 64.3 Å². The lowest BCUT2D eigenvalue weighted by Gasteiger charge is -2.04. The van der Waals surface area contributed by atoms with Crippen LogP contribution in [0.5, 0.6) is 5.75 Å². The van der Waals surface area contributed by atoms with Gasteiger partial charge in [0.05, 0.1) is 22.8 Å². The number of nitrogens with one attached hydrogen (secondary N) is 2. The molecule has 0 aliphatic heterocycles. The van der Waals surface area contributed by atoms with Gasteiger partial charge in [0, 0.05) is 11.3 Å². The zero-order valence-electron chi connectivity index (χ0n) is 12.6. The number of aromatic nitrogens is 2. The predicted molar refractivity (Wildman–Crippen MR) is 95.0 cm³/mol. The minimum atomic E-state index is -0.319. The number of rotatable bonds is 4. The lowest BCUT2D eigenvalue weighted by Crippen LogP contribution is -2.12. The quantitative estimate of drug-likeness (QED) is 0.710. The molecule has 0 saturated carbocycles. The van der Waals surface area contributed by atoms with E-state index in [-0.39, 0.29) is 5.91 Å². The topological polar surface area (TPSA) is 67.0 Å². The highest BCUT2D eigenvalue weighted by atomic mass is 35.5. The molecule has 2 N–H and O–H groups in total. The van der Waals surface area contributed by atoms with Crippen LogP contribution in [0, 0.1) is 0 Å². The molecule has 0 aliphatic carbocycles. The van der Waals surface area contributed by atoms with Crippen molar-refractivity contribution in [1.82, 2.24) is 10.2 Å². The molecule has 24 heavy (non-hydrogen) atoms. The summed E-state index contributed by atoms with van der Waals surface area (Å²) in [6, 6.07) is 14.0. The second kappa shape index (κ2) is 6.95. The highest BCUT2D eigenvalue weighted by Crippen LogP contribution is 2.26. The monoisotopic (exact) mass is 361 g/mol. The summed E-state index contributed by atoms with van der Waals surface area (Å²) >= 11 is 11.8. The number of anilines is 1. The first-order chi connectivity index (χ1) is 11.6. The lowest BCUT2D eigenvalue weighted by atomic mass is 10.1. The van der Waals surface area contributed by atoms with Crippen LogP contribution in [-0.2, 0) is 0 Å². The molecular weight excluding hydrogens is 349 g/mol. The Bertz CT molecular complexity index is 876. The number of hydrogen-bond acceptors (Lipinski definition) is 3. The van der Waals surface area contributed by atoms with Gasteiger partial charge >= 0.3 is 0 Å². The Morgan fingerprint density at radius 2 is 1.83 bits per heavy atom. The van der Waals surface area contributed by atoms with Crippen molar-refractivity contribution in [2.45, 2.75) is 0 Å². The molecule has 3 aromatic rings. The van der Waals surface area contributed by atoms with Gasteiger partial charge in [0.2, 0.25) is 0 Å². The van der Waals surface area contributed by atoms with Crippen LogP contribution in [0.15, 0.2) is 48.5 Å². The smallest absolute Gasteiger partial charge is 0.273 e. The maximum absolute atomic E-state index is 12.3. The van der Waals surface area contributed by atoms with E-state index < -0.39 is 0 Å². The van der Waals surface area contributed by atoms with Gasteiger partial charge in [-0.2, -0.15) is 5.10 Å². The molecule has 0 saturated heterocycles. The van der Waals surface area contributed by atoms with Crippen LogP contribution in [0.2, 0.25) is 10.0 Å². The van der Waals surface area contributed by atoms with E-state index in [0.717, 1.165) is 11.3 Å². The number of H-pyrrole nitrogens is 1. The normalized spacial score (nSPS) is 10.5. The summed E-state index contributed by atoms with van der Waals surface area (Å²) in [5.74, 6) is 0.438. The predicted octanol–water partition coefficient (Wildman–Crippen LogP) is 4.64. The standard InChI is InChI=1S/C17H13Cl2N3O2/c1-24-12-5-2-10(3-6-12)15-9-16(22-21-15)17(23)20-11-4-7-13(18)14(19)8-11/h2-9H,1H3,(H,20,23)(H,21,22). The fraction of sp³-hybridized carbons (Fsp3) is 0.0588. The average Bonchev–Trinajstić information content (AvgIpc) is 3.08. The molecule has 3 rings (SSSR count). The van der Waals surface area contributed by atoms with E-state index in [0.29, 0.717) is 27.1 Å². The third-order valence-electron chi connectivity index (χ3n) is 3.39. The fourth-order valence-corrected chi connectivity index (χ4v) is 2.42. The molecule has 1 heterocycles. The van der Waals surface area contributed by atoms with Crippen LogP contribution in [0.25, 0.3) is 11.3 Å². The summed E-state index contributed by atoms with van der Waals surface area (Å²) in [6.07, 6.45) is 0. The van der Waals surface area contributed by atoms with E-state index in [9.17, 15) is 4.79 Å². The van der Waals surface area contributed by atoms with E-state index in [1.54, 1.807) is 31.4 Å². The van der Waals surface area contributed by atoms with Crippen LogP contribution < -0.4 is 10.1 Å². The van der Waals surface area contributed by atoms with E-state index >= 15 is 0 Å². The first kappa shape index (κ1) is 16.4. The largest absolute Gasteiger partial charge is 0.497 e. The van der Waals surface area contributed by atoms with Crippen molar-refractivity contribution in [2.75, 3.05) is 12.4 Å². The van der Waals surface area contributed by atoms with Gasteiger partial charge in [-0.1, -0.05) is 23.2 Å². The van der Waals surface area contributed by atoms with E-state index in [1.807, 2.05) is 24.3 Å². The maximum atomic E-state index is 12.3. The number of benzene rings is 2. The molecule has 0 spiro atoms. The van der Waals surface area contributed by atoms with Crippen molar-refractivity contribution in [2.24, 2.45) is 0 Å². The average molecular weight is 362 g/mol. The first-order valence-electron chi connectivity index (χ1n) is 7.03. The molecule has 0 fully saturated rings. The molecule has 0 unspecified atom stereocenters. The summed E-state index contributed by atoms with van der Waals surface area (Å²) in [5, 5.41) is 10.4. The van der Waals surface area contributed by atoms with Gasteiger partial charge < -0.3 is 10.1 Å². The Labute approximate surface area is 148 Å². The molecular formula is C17H13Cl2N3O2. The molecule has 2 aromatic carbocycles. The van der Waals surface area contributed by atoms with Crippen molar-refractivity contribution in [1.29, 1.82) is 0 Å². The van der Waals surface area contributed by atoms with E-state index in [1.165, 1.54) is 0 Å². The molecule has 0 atom stereocenters. The summed E-state index contributed by atoms with van der Waals surface area (Å²) in [5.41, 5.74) is 2.43. The van der Waals surface area contributed by atoms with Gasteiger partial charge in [0.15, 0.2) is 0 Å². The molecule has 0 bridgehead atoms. The summed E-state index contributed by atoms with van der Waals surface area (Å²) in [4.78, 5) is 12.3. The van der Waals surface area contributed by atoms with Gasteiger partial charge in [-0.15, -0.1) is 0 Å². The second-order valence-corrected chi connectivity index (χ2v) is 5.79. The maximum Gasteiger partial charge on any atom is 0.273 e. The molecule has 122 valence electrons. The van der Waals surface area contributed by atoms with E-state index in [4.69, 9.17) is 27.9 Å². The lowest BCUT2D eigenvalue weighted by molar-refractivity contribution is 0.102. The Balaban J connectivity index is 1.76. The first-order valence-corrected chi connectivity index (χ1v) is 7.78. The van der Waals surface area contributed by atoms with Crippen molar-refractivity contribution in [3.63, 3.8) is 0 Å². The van der Waals surface area contributed by atoms with Gasteiger partial charge in [0.1, 0.15) is 11.4 Å². The number of halogens is 2. The zero-order chi connectivity index (χ0) is 17.1. The number of aromatic amines is 1. The third kappa shape index (κ3) is 3.53. The minimum absolute atomic E-state index is 0.319. The molecule has 1 aromatic heterocycles. The highest BCUT2D eigenvalue weighted by Gasteiger charge is 2.12. The molecule has 0 radical (unpaired) electrons. The molecule has 7 heteroatoms. The number of methoxy groups -OCH3 is 1. The molecule has 1 amide bonds. The summed E-state index contributed by atoms with van der Waals surface area (Å²) < 4.78 is 5.12. The van der Waals surface area contributed by atoms with Gasteiger partial charge in [0.25, 0.3) is 5.91 Å². The van der Waals surface area contributed by atoms with Crippen molar-refractivity contribution >= 4 is 34.8 Å². The number of hydrogen-bond donors (Lipinski definition) is 2. The Kier molecular flexibility index (Phi) is 4.74. The number of nitrogens with zero attached hydrogens (tertiary/aromatic N) is 1. The Morgan fingerprint density at radius 3 is 2.50 bits per heavy atom. The van der Waals surface area contributed by atoms with Crippen LogP contribution in [0.3, 0.4) is 0 Å². The fourth-order valence-electron chi connectivity index (χ4n) is 2.12. The highest BCUT2D eigenvalue weighted by molar-refractivity contribution is 6.42. The van der Waals surface area contributed by atoms with E-state index in [2.05, 4.69) is 15.5 Å². The second-order valence-electron chi connectivity index (χ2n) is 4.98. The zero-order valence-corrected chi connectivity index (χ0v) is 14.2. The Morgan fingerprint density at radius 1 is 1.08 bits per heavy atom. The van der Waals surface area contributed by atoms with Crippen LogP contribution in [-0.4, -0.2) is 23.2 Å². The van der Waals surface area contributed by atoms with Crippen LogP contribution >= 0.6 is 23.2 Å². The molecule has 0 aliphatic rings. The van der Waals surface area contributed by atoms with Crippen LogP contribution in [0.4, 0.5) is 5.69 Å². The summed E-state index contributed by atoms with van der Waals surface area (Å²) in [6.45, 7) is 0. The van der Waals surface area contributed by atoms with Crippen molar-refractivity contribution < 1.29 is 9.53 Å². The summed E-state index contributed by atoms with van der Waals surface area (Å²) in [7, 11) is 1.61. The molecule has 5 nitrogen and oxygen atoms in total. The van der Waals surface area contributed by atoms with Gasteiger partial charge in [-0.05, 0) is 48.5 Å². The number of carbonyl (C=O) groups excluding carboxylic acids is 1. The van der Waals surface area contributed by atoms with Crippen LogP contribution in [0.1, 0.15) is 10.5 Å². The third-order valence-corrected chi connectivity index (χ3v) is 4.12.